The monoisotopic (exact) mass is 221 g/mol. The molecule has 1 heterocycles. The van der Waals surface area contributed by atoms with Crippen LogP contribution in [0.25, 0.3) is 0 Å². The van der Waals surface area contributed by atoms with E-state index >= 15 is 0 Å². The van der Waals surface area contributed by atoms with Crippen molar-refractivity contribution in [3.63, 3.8) is 0 Å². The third-order valence-corrected chi connectivity index (χ3v) is 2.44. The Morgan fingerprint density at radius 3 is 2.94 bits per heavy atom. The van der Waals surface area contributed by atoms with Crippen LogP contribution in [-0.2, 0) is 11.2 Å². The normalized spacial score (nSPS) is 10.1. The molecule has 0 spiro atoms. The highest BCUT2D eigenvalue weighted by Crippen LogP contribution is 1.97. The van der Waals surface area contributed by atoms with Crippen LogP contribution in [-0.4, -0.2) is 43.0 Å². The van der Waals surface area contributed by atoms with Crippen LogP contribution >= 0.6 is 0 Å². The second-order valence-corrected chi connectivity index (χ2v) is 3.74. The van der Waals surface area contributed by atoms with Gasteiger partial charge in [-0.3, -0.25) is 9.78 Å². The van der Waals surface area contributed by atoms with Crippen molar-refractivity contribution in [1.29, 1.82) is 0 Å². The minimum absolute atomic E-state index is 0.172. The average molecular weight is 221 g/mol. The van der Waals surface area contributed by atoms with Gasteiger partial charge < -0.3 is 10.2 Å². The predicted molar refractivity (Wildman–Crippen MR) is 64.1 cm³/mol. The standard InChI is InChI=1S/C12H19N3O/c1-13-9-6-12(16)15(2)10-7-11-5-3-4-8-14-11/h3-5,8,13H,6-7,9-10H2,1-2H3. The number of amides is 1. The lowest BCUT2D eigenvalue weighted by Gasteiger charge is -2.16. The summed E-state index contributed by atoms with van der Waals surface area (Å²) in [6.45, 7) is 1.45. The zero-order valence-electron chi connectivity index (χ0n) is 9.94. The molecular weight excluding hydrogens is 202 g/mol. The van der Waals surface area contributed by atoms with Gasteiger partial charge in [0.25, 0.3) is 0 Å². The number of carbonyl (C=O) groups excluding carboxylic acids is 1. The van der Waals surface area contributed by atoms with Crippen molar-refractivity contribution < 1.29 is 4.79 Å². The SMILES string of the molecule is CNCCC(=O)N(C)CCc1ccccn1. The summed E-state index contributed by atoms with van der Waals surface area (Å²) in [4.78, 5) is 17.6. The lowest BCUT2D eigenvalue weighted by Crippen LogP contribution is -2.31. The van der Waals surface area contributed by atoms with Crippen LogP contribution in [0.15, 0.2) is 24.4 Å². The van der Waals surface area contributed by atoms with Gasteiger partial charge in [0, 0.05) is 44.9 Å². The highest BCUT2D eigenvalue weighted by atomic mass is 16.2. The van der Waals surface area contributed by atoms with Crippen molar-refractivity contribution in [3.05, 3.63) is 30.1 Å². The Kier molecular flexibility index (Phi) is 5.50. The molecule has 4 nitrogen and oxygen atoms in total. The Morgan fingerprint density at radius 2 is 2.31 bits per heavy atom. The van der Waals surface area contributed by atoms with E-state index in [9.17, 15) is 4.79 Å². The fraction of sp³-hybridized carbons (Fsp3) is 0.500. The maximum atomic E-state index is 11.6. The number of rotatable bonds is 6. The minimum Gasteiger partial charge on any atom is -0.345 e. The molecule has 1 amide bonds. The third kappa shape index (κ3) is 4.40. The number of nitrogens with one attached hydrogen (secondary N) is 1. The van der Waals surface area contributed by atoms with Crippen molar-refractivity contribution in [3.8, 4) is 0 Å². The molecule has 1 aromatic rings. The van der Waals surface area contributed by atoms with Crippen LogP contribution in [0.1, 0.15) is 12.1 Å². The van der Waals surface area contributed by atoms with E-state index in [4.69, 9.17) is 0 Å². The maximum absolute atomic E-state index is 11.6. The lowest BCUT2D eigenvalue weighted by atomic mass is 10.2. The molecule has 0 aromatic carbocycles. The molecule has 0 saturated carbocycles. The molecule has 0 bridgehead atoms. The molecule has 1 rings (SSSR count). The summed E-state index contributed by atoms with van der Waals surface area (Å²) in [5.41, 5.74) is 1.02. The molecule has 0 saturated heterocycles. The van der Waals surface area contributed by atoms with Gasteiger partial charge in [0.05, 0.1) is 0 Å². The molecule has 16 heavy (non-hydrogen) atoms. The van der Waals surface area contributed by atoms with Gasteiger partial charge in [0.15, 0.2) is 0 Å². The van der Waals surface area contributed by atoms with E-state index in [1.807, 2.05) is 32.3 Å². The fourth-order valence-electron chi connectivity index (χ4n) is 1.38. The smallest absolute Gasteiger partial charge is 0.223 e. The van der Waals surface area contributed by atoms with Gasteiger partial charge in [-0.25, -0.2) is 0 Å². The highest BCUT2D eigenvalue weighted by Gasteiger charge is 2.07. The van der Waals surface area contributed by atoms with Gasteiger partial charge >= 0.3 is 0 Å². The number of hydrogen-bond donors (Lipinski definition) is 1. The Labute approximate surface area is 96.7 Å². The Balaban J connectivity index is 2.29. The molecule has 0 unspecified atom stereocenters. The Morgan fingerprint density at radius 1 is 1.50 bits per heavy atom. The molecule has 0 atom stereocenters. The van der Waals surface area contributed by atoms with Gasteiger partial charge in [-0.15, -0.1) is 0 Å². The summed E-state index contributed by atoms with van der Waals surface area (Å²) < 4.78 is 0. The van der Waals surface area contributed by atoms with Crippen molar-refractivity contribution in [2.75, 3.05) is 27.2 Å². The molecule has 88 valence electrons. The van der Waals surface area contributed by atoms with E-state index < -0.39 is 0 Å². The number of likely N-dealkylation sites (N-methyl/N-ethyl adjacent to an activating group) is 1. The van der Waals surface area contributed by atoms with Crippen molar-refractivity contribution in [1.82, 2.24) is 15.2 Å². The van der Waals surface area contributed by atoms with Crippen molar-refractivity contribution >= 4 is 5.91 Å². The van der Waals surface area contributed by atoms with E-state index in [0.29, 0.717) is 6.42 Å². The van der Waals surface area contributed by atoms with Gasteiger partial charge in [0.1, 0.15) is 0 Å². The second-order valence-electron chi connectivity index (χ2n) is 3.74. The second kappa shape index (κ2) is 6.95. The summed E-state index contributed by atoms with van der Waals surface area (Å²) in [5.74, 6) is 0.172. The van der Waals surface area contributed by atoms with E-state index in [1.54, 1.807) is 11.1 Å². The first-order chi connectivity index (χ1) is 7.74. The minimum atomic E-state index is 0.172. The van der Waals surface area contributed by atoms with Gasteiger partial charge in [-0.2, -0.15) is 0 Å². The first-order valence-electron chi connectivity index (χ1n) is 5.52. The largest absolute Gasteiger partial charge is 0.345 e. The summed E-state index contributed by atoms with van der Waals surface area (Å²) in [6, 6.07) is 5.84. The zero-order valence-corrected chi connectivity index (χ0v) is 9.94. The molecule has 1 aromatic heterocycles. The van der Waals surface area contributed by atoms with Crippen molar-refractivity contribution in [2.45, 2.75) is 12.8 Å². The van der Waals surface area contributed by atoms with Crippen LogP contribution < -0.4 is 5.32 Å². The first-order valence-corrected chi connectivity index (χ1v) is 5.52. The topological polar surface area (TPSA) is 45.2 Å². The van der Waals surface area contributed by atoms with Crippen LogP contribution in [0, 0.1) is 0 Å². The zero-order chi connectivity index (χ0) is 11.8. The van der Waals surface area contributed by atoms with Gasteiger partial charge in [0.2, 0.25) is 5.91 Å². The van der Waals surface area contributed by atoms with E-state index in [0.717, 1.165) is 25.2 Å². The number of aromatic nitrogens is 1. The molecular formula is C12H19N3O. The van der Waals surface area contributed by atoms with Gasteiger partial charge in [-0.05, 0) is 19.2 Å². The fourth-order valence-corrected chi connectivity index (χ4v) is 1.38. The predicted octanol–water partition coefficient (Wildman–Crippen LogP) is 0.692. The van der Waals surface area contributed by atoms with Crippen LogP contribution in [0.5, 0.6) is 0 Å². The molecule has 1 N–H and O–H groups in total. The van der Waals surface area contributed by atoms with E-state index in [1.165, 1.54) is 0 Å². The first kappa shape index (κ1) is 12.6. The van der Waals surface area contributed by atoms with Gasteiger partial charge in [-0.1, -0.05) is 6.07 Å². The molecule has 0 radical (unpaired) electrons. The third-order valence-electron chi connectivity index (χ3n) is 2.44. The summed E-state index contributed by atoms with van der Waals surface area (Å²) in [6.07, 6.45) is 3.13. The molecule has 0 aliphatic heterocycles. The van der Waals surface area contributed by atoms with E-state index in [-0.39, 0.29) is 5.91 Å². The molecule has 0 fully saturated rings. The number of carbonyl (C=O) groups is 1. The Bertz CT molecular complexity index is 313. The maximum Gasteiger partial charge on any atom is 0.223 e. The Hall–Kier alpha value is -1.42. The molecule has 0 aliphatic rings. The van der Waals surface area contributed by atoms with Crippen LogP contribution in [0.2, 0.25) is 0 Å². The highest BCUT2D eigenvalue weighted by molar-refractivity contribution is 5.76. The molecule has 4 heteroatoms. The quantitative estimate of drug-likeness (QED) is 0.769. The van der Waals surface area contributed by atoms with Crippen molar-refractivity contribution in [2.24, 2.45) is 0 Å². The summed E-state index contributed by atoms with van der Waals surface area (Å²) in [7, 11) is 3.68. The number of nitrogens with zero attached hydrogens (tertiary/aromatic N) is 2. The number of pyridine rings is 1. The molecule has 0 aliphatic carbocycles. The number of hydrogen-bond acceptors (Lipinski definition) is 3. The van der Waals surface area contributed by atoms with E-state index in [2.05, 4.69) is 10.3 Å². The lowest BCUT2D eigenvalue weighted by molar-refractivity contribution is -0.129. The average Bonchev–Trinajstić information content (AvgIpc) is 2.34. The van der Waals surface area contributed by atoms with Crippen LogP contribution in [0.3, 0.4) is 0 Å². The summed E-state index contributed by atoms with van der Waals surface area (Å²) in [5, 5.41) is 2.97. The van der Waals surface area contributed by atoms with Crippen LogP contribution in [0.4, 0.5) is 0 Å². The summed E-state index contributed by atoms with van der Waals surface area (Å²) >= 11 is 0.